The molecule has 94 valence electrons. The lowest BCUT2D eigenvalue weighted by atomic mass is 9.83. The molecule has 1 aromatic carbocycles. The first-order valence-corrected chi connectivity index (χ1v) is 5.69. The summed E-state index contributed by atoms with van der Waals surface area (Å²) in [6, 6.07) is 3.55. The van der Waals surface area contributed by atoms with E-state index in [0.29, 0.717) is 25.0 Å². The van der Waals surface area contributed by atoms with E-state index < -0.39 is 17.2 Å². The van der Waals surface area contributed by atoms with Gasteiger partial charge in [0.15, 0.2) is 0 Å². The Balaban J connectivity index is 2.39. The largest absolute Gasteiger partial charge is 0.378 e. The molecule has 0 saturated carbocycles. The molecule has 1 saturated heterocycles. The van der Waals surface area contributed by atoms with Crippen LogP contribution in [0.4, 0.5) is 8.78 Å². The van der Waals surface area contributed by atoms with Crippen molar-refractivity contribution in [1.29, 1.82) is 0 Å². The Morgan fingerprint density at radius 3 is 2.47 bits per heavy atom. The van der Waals surface area contributed by atoms with Crippen LogP contribution in [-0.2, 0) is 15.1 Å². The second kappa shape index (κ2) is 4.70. The molecule has 1 heterocycles. The zero-order valence-electron chi connectivity index (χ0n) is 10.0. The summed E-state index contributed by atoms with van der Waals surface area (Å²) < 4.78 is 37.5. The van der Waals surface area contributed by atoms with Crippen LogP contribution in [0.2, 0.25) is 0 Å². The average molecular weight is 242 g/mol. The standard InChI is InChI=1S/C13H16F2O2/c1-9-8-13(16-2,3-4-17-9)10-5-11(14)7-12(15)6-10/h5-7,9H,3-4,8H2,1-2H3. The summed E-state index contributed by atoms with van der Waals surface area (Å²) in [4.78, 5) is 0. The minimum absolute atomic E-state index is 0.0232. The highest BCUT2D eigenvalue weighted by molar-refractivity contribution is 5.25. The number of benzene rings is 1. The molecule has 0 aliphatic carbocycles. The predicted octanol–water partition coefficient (Wildman–Crippen LogP) is 3.01. The van der Waals surface area contributed by atoms with E-state index in [0.717, 1.165) is 6.07 Å². The van der Waals surface area contributed by atoms with E-state index in [4.69, 9.17) is 9.47 Å². The lowest BCUT2D eigenvalue weighted by molar-refractivity contribution is -0.122. The van der Waals surface area contributed by atoms with E-state index in [1.807, 2.05) is 6.92 Å². The van der Waals surface area contributed by atoms with Crippen LogP contribution in [0.25, 0.3) is 0 Å². The molecule has 2 rings (SSSR count). The number of hydrogen-bond acceptors (Lipinski definition) is 2. The molecule has 1 aliphatic heterocycles. The first-order chi connectivity index (χ1) is 8.05. The van der Waals surface area contributed by atoms with Gasteiger partial charge in [0.2, 0.25) is 0 Å². The van der Waals surface area contributed by atoms with Crippen molar-refractivity contribution in [3.8, 4) is 0 Å². The monoisotopic (exact) mass is 242 g/mol. The fourth-order valence-corrected chi connectivity index (χ4v) is 2.43. The summed E-state index contributed by atoms with van der Waals surface area (Å²) in [7, 11) is 1.57. The molecule has 0 spiro atoms. The van der Waals surface area contributed by atoms with Gasteiger partial charge in [-0.3, -0.25) is 0 Å². The van der Waals surface area contributed by atoms with Crippen molar-refractivity contribution in [3.05, 3.63) is 35.4 Å². The van der Waals surface area contributed by atoms with Gasteiger partial charge in [-0.15, -0.1) is 0 Å². The summed E-state index contributed by atoms with van der Waals surface area (Å²) in [6.45, 7) is 2.47. The molecular formula is C13H16F2O2. The van der Waals surface area contributed by atoms with Gasteiger partial charge in [-0.05, 0) is 24.6 Å². The van der Waals surface area contributed by atoms with Crippen LogP contribution >= 0.6 is 0 Å². The molecular weight excluding hydrogens is 226 g/mol. The fourth-order valence-electron chi connectivity index (χ4n) is 2.43. The van der Waals surface area contributed by atoms with Crippen LogP contribution in [0.5, 0.6) is 0 Å². The first-order valence-electron chi connectivity index (χ1n) is 5.69. The minimum Gasteiger partial charge on any atom is -0.378 e. The van der Waals surface area contributed by atoms with E-state index in [1.54, 1.807) is 7.11 Å². The maximum Gasteiger partial charge on any atom is 0.126 e. The van der Waals surface area contributed by atoms with Crippen LogP contribution < -0.4 is 0 Å². The predicted molar refractivity (Wildman–Crippen MR) is 59.7 cm³/mol. The third-order valence-corrected chi connectivity index (χ3v) is 3.30. The van der Waals surface area contributed by atoms with Gasteiger partial charge in [-0.25, -0.2) is 8.78 Å². The number of halogens is 2. The number of methoxy groups -OCH3 is 1. The molecule has 0 amide bonds. The Morgan fingerprint density at radius 2 is 1.94 bits per heavy atom. The molecule has 2 unspecified atom stereocenters. The molecule has 0 aromatic heterocycles. The van der Waals surface area contributed by atoms with Crippen LogP contribution in [0.1, 0.15) is 25.3 Å². The third kappa shape index (κ3) is 2.48. The van der Waals surface area contributed by atoms with Crippen molar-refractivity contribution in [3.63, 3.8) is 0 Å². The maximum absolute atomic E-state index is 13.3. The van der Waals surface area contributed by atoms with Crippen molar-refractivity contribution in [2.75, 3.05) is 13.7 Å². The molecule has 2 atom stereocenters. The zero-order chi connectivity index (χ0) is 12.5. The highest BCUT2D eigenvalue weighted by Gasteiger charge is 2.37. The topological polar surface area (TPSA) is 18.5 Å². The molecule has 0 N–H and O–H groups in total. The molecule has 17 heavy (non-hydrogen) atoms. The van der Waals surface area contributed by atoms with Crippen LogP contribution in [-0.4, -0.2) is 19.8 Å². The lowest BCUT2D eigenvalue weighted by Crippen LogP contribution is -2.39. The molecule has 2 nitrogen and oxygen atoms in total. The van der Waals surface area contributed by atoms with Crippen LogP contribution in [0.3, 0.4) is 0 Å². The van der Waals surface area contributed by atoms with E-state index in [-0.39, 0.29) is 6.10 Å². The Bertz CT molecular complexity index is 388. The van der Waals surface area contributed by atoms with Gasteiger partial charge in [-0.2, -0.15) is 0 Å². The van der Waals surface area contributed by atoms with Gasteiger partial charge in [-0.1, -0.05) is 0 Å². The van der Waals surface area contributed by atoms with Crippen LogP contribution in [0, 0.1) is 11.6 Å². The molecule has 0 bridgehead atoms. The zero-order valence-corrected chi connectivity index (χ0v) is 10.0. The SMILES string of the molecule is COC1(c2cc(F)cc(F)c2)CCOC(C)C1. The van der Waals surface area contributed by atoms with E-state index in [1.165, 1.54) is 12.1 Å². The summed E-state index contributed by atoms with van der Waals surface area (Å²) in [5.74, 6) is -1.15. The second-order valence-electron chi connectivity index (χ2n) is 4.49. The van der Waals surface area contributed by atoms with Crippen molar-refractivity contribution in [1.82, 2.24) is 0 Å². The van der Waals surface area contributed by atoms with Crippen molar-refractivity contribution >= 4 is 0 Å². The van der Waals surface area contributed by atoms with Crippen molar-refractivity contribution in [2.24, 2.45) is 0 Å². The molecule has 4 heteroatoms. The average Bonchev–Trinajstić information content (AvgIpc) is 2.27. The van der Waals surface area contributed by atoms with Crippen LogP contribution in [0.15, 0.2) is 18.2 Å². The molecule has 1 aromatic rings. The smallest absolute Gasteiger partial charge is 0.126 e. The number of hydrogen-bond donors (Lipinski definition) is 0. The molecule has 0 radical (unpaired) electrons. The van der Waals surface area contributed by atoms with Gasteiger partial charge in [0.1, 0.15) is 11.6 Å². The summed E-state index contributed by atoms with van der Waals surface area (Å²) in [5, 5.41) is 0. The van der Waals surface area contributed by atoms with Crippen molar-refractivity contribution in [2.45, 2.75) is 31.5 Å². The Hall–Kier alpha value is -1.00. The minimum atomic E-state index is -0.638. The van der Waals surface area contributed by atoms with Crippen molar-refractivity contribution < 1.29 is 18.3 Å². The summed E-state index contributed by atoms with van der Waals surface area (Å²) in [5.41, 5.74) is -0.0895. The molecule has 1 aliphatic rings. The van der Waals surface area contributed by atoms with Gasteiger partial charge in [0, 0.05) is 26.0 Å². The Kier molecular flexibility index (Phi) is 3.45. The number of rotatable bonds is 2. The lowest BCUT2D eigenvalue weighted by Gasteiger charge is -2.39. The highest BCUT2D eigenvalue weighted by atomic mass is 19.1. The van der Waals surface area contributed by atoms with Gasteiger partial charge < -0.3 is 9.47 Å². The third-order valence-electron chi connectivity index (χ3n) is 3.30. The Labute approximate surface area is 99.5 Å². The highest BCUT2D eigenvalue weighted by Crippen LogP contribution is 2.38. The van der Waals surface area contributed by atoms with Gasteiger partial charge in [0.25, 0.3) is 0 Å². The summed E-state index contributed by atoms with van der Waals surface area (Å²) in [6.07, 6.45) is 1.23. The normalized spacial score (nSPS) is 29.3. The quantitative estimate of drug-likeness (QED) is 0.793. The molecule has 1 fully saturated rings. The number of ether oxygens (including phenoxy) is 2. The van der Waals surface area contributed by atoms with E-state index >= 15 is 0 Å². The first kappa shape index (κ1) is 12.5. The second-order valence-corrected chi connectivity index (χ2v) is 4.49. The van der Waals surface area contributed by atoms with Gasteiger partial charge in [0.05, 0.1) is 18.3 Å². The van der Waals surface area contributed by atoms with Gasteiger partial charge >= 0.3 is 0 Å². The van der Waals surface area contributed by atoms with E-state index in [9.17, 15) is 8.78 Å². The maximum atomic E-state index is 13.3. The summed E-state index contributed by atoms with van der Waals surface area (Å²) >= 11 is 0. The Morgan fingerprint density at radius 1 is 1.29 bits per heavy atom. The fraction of sp³-hybridized carbons (Fsp3) is 0.538. The van der Waals surface area contributed by atoms with E-state index in [2.05, 4.69) is 0 Å².